The van der Waals surface area contributed by atoms with Crippen LogP contribution in [-0.2, 0) is 22.5 Å². The molecule has 248 valence electrons. The zero-order valence-electron chi connectivity index (χ0n) is 27.2. The van der Waals surface area contributed by atoms with Gasteiger partial charge in [0, 0.05) is 61.9 Å². The Hall–Kier alpha value is -3.98. The minimum atomic E-state index is -1.02. The Kier molecular flexibility index (Phi) is 9.55. The highest BCUT2D eigenvalue weighted by atomic mass is 35.5. The maximum atomic E-state index is 13.9. The molecule has 6 rings (SSSR count). The Labute approximate surface area is 280 Å². The molecule has 2 fully saturated rings. The number of benzene rings is 2. The molecule has 0 bridgehead atoms. The Morgan fingerprint density at radius 3 is 2.64 bits per heavy atom. The third-order valence-electron chi connectivity index (χ3n) is 9.61. The molecule has 1 saturated carbocycles. The lowest BCUT2D eigenvalue weighted by Crippen LogP contribution is -2.56. The lowest BCUT2D eigenvalue weighted by molar-refractivity contribution is -0.131. The SMILES string of the molecule is C=C(F)C(=O)N1CCN(c2nc(OCC3(CN(C)C)CC(OC)C3)nc3c2CCN(c2cccc4cccc(Cl)c24)C3)C[C@@H]1CC#N. The molecule has 3 aliphatic rings. The number of piperazine rings is 1. The van der Waals surface area contributed by atoms with Crippen LogP contribution >= 0.6 is 11.6 Å². The van der Waals surface area contributed by atoms with Crippen LogP contribution in [0.4, 0.5) is 15.9 Å². The smallest absolute Gasteiger partial charge is 0.318 e. The largest absolute Gasteiger partial charge is 0.463 e. The van der Waals surface area contributed by atoms with Gasteiger partial charge >= 0.3 is 6.01 Å². The van der Waals surface area contributed by atoms with Crippen molar-refractivity contribution in [2.75, 3.05) is 70.3 Å². The number of rotatable bonds is 10. The second-order valence-corrected chi connectivity index (χ2v) is 13.6. The van der Waals surface area contributed by atoms with E-state index in [0.29, 0.717) is 43.7 Å². The van der Waals surface area contributed by atoms with Gasteiger partial charge in [0.15, 0.2) is 5.83 Å². The van der Waals surface area contributed by atoms with Crippen LogP contribution in [0.2, 0.25) is 5.02 Å². The van der Waals surface area contributed by atoms with Crippen LogP contribution < -0.4 is 14.5 Å². The topological polar surface area (TPSA) is 98.1 Å². The normalized spacial score (nSPS) is 22.5. The fourth-order valence-corrected chi connectivity index (χ4v) is 7.74. The van der Waals surface area contributed by atoms with Crippen molar-refractivity contribution < 1.29 is 18.7 Å². The number of nitriles is 1. The van der Waals surface area contributed by atoms with E-state index >= 15 is 0 Å². The summed E-state index contributed by atoms with van der Waals surface area (Å²) in [5.41, 5.74) is 2.84. The van der Waals surface area contributed by atoms with E-state index in [2.05, 4.69) is 59.6 Å². The van der Waals surface area contributed by atoms with E-state index in [1.807, 2.05) is 18.2 Å². The lowest BCUT2D eigenvalue weighted by atomic mass is 9.67. The zero-order chi connectivity index (χ0) is 33.3. The first-order valence-corrected chi connectivity index (χ1v) is 16.4. The summed E-state index contributed by atoms with van der Waals surface area (Å²) >= 11 is 6.72. The van der Waals surface area contributed by atoms with Crippen molar-refractivity contribution in [1.29, 1.82) is 5.26 Å². The molecule has 1 aliphatic carbocycles. The van der Waals surface area contributed by atoms with Gasteiger partial charge in [-0.15, -0.1) is 0 Å². The number of anilines is 2. The summed E-state index contributed by atoms with van der Waals surface area (Å²) in [6.45, 7) is 6.74. The third kappa shape index (κ3) is 6.73. The predicted octanol–water partition coefficient (Wildman–Crippen LogP) is 5.00. The molecule has 0 radical (unpaired) electrons. The molecule has 2 aromatic carbocycles. The first-order valence-electron chi connectivity index (χ1n) is 16.0. The van der Waals surface area contributed by atoms with Gasteiger partial charge in [-0.3, -0.25) is 4.79 Å². The minimum Gasteiger partial charge on any atom is -0.463 e. The molecule has 1 atom stereocenters. The molecule has 2 aliphatic heterocycles. The van der Waals surface area contributed by atoms with E-state index in [4.69, 9.17) is 31.0 Å². The summed E-state index contributed by atoms with van der Waals surface area (Å²) < 4.78 is 25.9. The minimum absolute atomic E-state index is 0.0650. The van der Waals surface area contributed by atoms with Crippen LogP contribution in [-0.4, -0.2) is 98.4 Å². The van der Waals surface area contributed by atoms with Gasteiger partial charge < -0.3 is 29.1 Å². The summed E-state index contributed by atoms with van der Waals surface area (Å²) in [4.78, 5) is 30.5. The number of methoxy groups -OCH3 is 1. The maximum absolute atomic E-state index is 13.9. The monoisotopic (exact) mass is 661 g/mol. The predicted molar refractivity (Wildman–Crippen MR) is 180 cm³/mol. The molecule has 12 heteroatoms. The number of nitrogens with zero attached hydrogens (tertiary/aromatic N) is 7. The van der Waals surface area contributed by atoms with Crippen LogP contribution in [0.3, 0.4) is 0 Å². The van der Waals surface area contributed by atoms with Gasteiger partial charge in [0.1, 0.15) is 5.82 Å². The standard InChI is InChI=1S/C35H41ClFN7O3/c1-23(37)33(45)44-16-15-43(19-25(44)11-13-38)32-27-12-14-42(30-10-6-8-24-7-5-9-28(36)31(24)30)20-29(27)39-34(40-32)47-22-35(21-41(2)3)17-26(18-35)46-4/h5-10,25-26H,1,11-12,14-22H2,2-4H3/t25-,26?,35?/m0/s1. The van der Waals surface area contributed by atoms with Crippen LogP contribution in [0.25, 0.3) is 10.8 Å². The van der Waals surface area contributed by atoms with Crippen molar-refractivity contribution in [3.63, 3.8) is 0 Å². The zero-order valence-corrected chi connectivity index (χ0v) is 28.0. The van der Waals surface area contributed by atoms with Crippen molar-refractivity contribution >= 4 is 39.8 Å². The molecule has 47 heavy (non-hydrogen) atoms. The lowest BCUT2D eigenvalue weighted by Gasteiger charge is -2.47. The van der Waals surface area contributed by atoms with Crippen LogP contribution in [0.15, 0.2) is 48.8 Å². The van der Waals surface area contributed by atoms with Gasteiger partial charge in [-0.2, -0.15) is 15.2 Å². The van der Waals surface area contributed by atoms with E-state index < -0.39 is 17.8 Å². The molecular formula is C35H41ClFN7O3. The molecule has 1 amide bonds. The molecule has 10 nitrogen and oxygen atoms in total. The number of hydrogen-bond donors (Lipinski definition) is 0. The first kappa shape index (κ1) is 32.9. The number of ether oxygens (including phenoxy) is 2. The second-order valence-electron chi connectivity index (χ2n) is 13.2. The Morgan fingerprint density at radius 1 is 1.17 bits per heavy atom. The fraction of sp³-hybridized carbons (Fsp3) is 0.486. The summed E-state index contributed by atoms with van der Waals surface area (Å²) in [5, 5.41) is 12.3. The van der Waals surface area contributed by atoms with Crippen LogP contribution in [0.5, 0.6) is 6.01 Å². The van der Waals surface area contributed by atoms with Crippen molar-refractivity contribution in [3.05, 3.63) is 65.1 Å². The van der Waals surface area contributed by atoms with Crippen molar-refractivity contribution in [3.8, 4) is 12.1 Å². The number of aromatic nitrogens is 2. The molecule has 3 aromatic rings. The van der Waals surface area contributed by atoms with Crippen LogP contribution in [0, 0.1) is 16.7 Å². The van der Waals surface area contributed by atoms with Gasteiger partial charge in [0.2, 0.25) is 0 Å². The number of amides is 1. The Morgan fingerprint density at radius 2 is 1.94 bits per heavy atom. The van der Waals surface area contributed by atoms with Crippen molar-refractivity contribution in [1.82, 2.24) is 19.8 Å². The molecule has 1 aromatic heterocycles. The number of halogens is 2. The van der Waals surface area contributed by atoms with E-state index in [1.165, 1.54) is 4.90 Å². The van der Waals surface area contributed by atoms with Gasteiger partial charge in [-0.05, 0) is 50.9 Å². The number of carbonyl (C=O) groups is 1. The van der Waals surface area contributed by atoms with Crippen molar-refractivity contribution in [2.24, 2.45) is 5.41 Å². The summed E-state index contributed by atoms with van der Waals surface area (Å²) in [5.74, 6) is -1.06. The summed E-state index contributed by atoms with van der Waals surface area (Å²) in [6, 6.07) is 14.1. The molecule has 0 N–H and O–H groups in total. The highest BCUT2D eigenvalue weighted by Crippen LogP contribution is 2.44. The van der Waals surface area contributed by atoms with E-state index in [-0.39, 0.29) is 24.5 Å². The van der Waals surface area contributed by atoms with Gasteiger partial charge in [0.05, 0.1) is 48.5 Å². The van der Waals surface area contributed by atoms with Gasteiger partial charge in [-0.25, -0.2) is 4.39 Å². The maximum Gasteiger partial charge on any atom is 0.318 e. The summed E-state index contributed by atoms with van der Waals surface area (Å²) in [7, 11) is 5.86. The fourth-order valence-electron chi connectivity index (χ4n) is 7.46. The molecule has 0 unspecified atom stereocenters. The first-order chi connectivity index (χ1) is 22.6. The molecule has 0 spiro atoms. The number of fused-ring (bicyclic) bond motifs is 2. The second kappa shape index (κ2) is 13.6. The highest BCUT2D eigenvalue weighted by molar-refractivity contribution is 6.36. The number of hydrogen-bond acceptors (Lipinski definition) is 9. The quantitative estimate of drug-likeness (QED) is 0.278. The van der Waals surface area contributed by atoms with Crippen molar-refractivity contribution in [2.45, 2.75) is 44.4 Å². The Bertz CT molecular complexity index is 1700. The van der Waals surface area contributed by atoms with E-state index in [0.717, 1.165) is 59.5 Å². The highest BCUT2D eigenvalue weighted by Gasteiger charge is 2.46. The third-order valence-corrected chi connectivity index (χ3v) is 9.93. The number of carbonyl (C=O) groups excluding carboxylic acids is 1. The van der Waals surface area contributed by atoms with Gasteiger partial charge in [0.25, 0.3) is 5.91 Å². The van der Waals surface area contributed by atoms with E-state index in [1.54, 1.807) is 7.11 Å². The van der Waals surface area contributed by atoms with Gasteiger partial charge in [-0.1, -0.05) is 42.4 Å². The average molecular weight is 662 g/mol. The van der Waals surface area contributed by atoms with Crippen LogP contribution in [0.1, 0.15) is 30.5 Å². The average Bonchev–Trinajstić information content (AvgIpc) is 3.04. The summed E-state index contributed by atoms with van der Waals surface area (Å²) in [6.07, 6.45) is 2.72. The molecular weight excluding hydrogens is 621 g/mol. The van der Waals surface area contributed by atoms with E-state index in [9.17, 15) is 14.4 Å². The molecule has 3 heterocycles. The molecule has 1 saturated heterocycles. The Balaban J connectivity index is 1.34.